The Labute approximate surface area is 103 Å². The van der Waals surface area contributed by atoms with Gasteiger partial charge in [-0.15, -0.1) is 0 Å². The molecule has 0 atom stereocenters. The highest BCUT2D eigenvalue weighted by Gasteiger charge is 2.09. The van der Waals surface area contributed by atoms with E-state index in [1.54, 1.807) is 19.2 Å². The van der Waals surface area contributed by atoms with Crippen molar-refractivity contribution in [2.45, 2.75) is 0 Å². The van der Waals surface area contributed by atoms with Crippen LogP contribution in [-0.2, 0) is 10.0 Å². The van der Waals surface area contributed by atoms with Crippen LogP contribution >= 0.6 is 0 Å². The predicted molar refractivity (Wildman–Crippen MR) is 72.1 cm³/mol. The van der Waals surface area contributed by atoms with Crippen LogP contribution in [0.4, 0.5) is 11.4 Å². The lowest BCUT2D eigenvalue weighted by Crippen LogP contribution is -2.24. The third-order valence-corrected chi connectivity index (χ3v) is 3.57. The largest absolute Gasteiger partial charge is 0.378 e. The highest BCUT2D eigenvalue weighted by molar-refractivity contribution is 7.92. The van der Waals surface area contributed by atoms with Gasteiger partial charge in [0.2, 0.25) is 10.0 Å². The minimum absolute atomic E-state index is 0.0684. The molecule has 0 aliphatic carbocycles. The first-order chi connectivity index (χ1) is 7.94. The highest BCUT2D eigenvalue weighted by Crippen LogP contribution is 2.16. The maximum absolute atomic E-state index is 11.6. The lowest BCUT2D eigenvalue weighted by molar-refractivity contribution is 0.599. The third kappa shape index (κ3) is 4.62. The number of benzene rings is 1. The molecule has 0 amide bonds. The molecule has 0 spiro atoms. The summed E-state index contributed by atoms with van der Waals surface area (Å²) in [5.74, 6) is 0.0684. The monoisotopic (exact) mass is 257 g/mol. The molecule has 0 aliphatic heterocycles. The molecule has 2 N–H and O–H groups in total. The van der Waals surface area contributed by atoms with Gasteiger partial charge >= 0.3 is 0 Å². The van der Waals surface area contributed by atoms with E-state index in [1.807, 2.05) is 31.1 Å². The molecule has 0 bridgehead atoms. The van der Waals surface area contributed by atoms with Gasteiger partial charge < -0.3 is 10.2 Å². The summed E-state index contributed by atoms with van der Waals surface area (Å²) in [5, 5.41) is 2.81. The van der Waals surface area contributed by atoms with Crippen molar-refractivity contribution in [3.63, 3.8) is 0 Å². The number of nitrogens with one attached hydrogen (secondary N) is 2. The van der Waals surface area contributed by atoms with E-state index in [0.717, 1.165) is 5.69 Å². The first kappa shape index (κ1) is 13.8. The summed E-state index contributed by atoms with van der Waals surface area (Å²) in [6.07, 6.45) is 0. The molecule has 5 nitrogen and oxygen atoms in total. The van der Waals surface area contributed by atoms with Crippen molar-refractivity contribution in [1.82, 2.24) is 5.32 Å². The minimum atomic E-state index is -3.26. The number of hydrogen-bond donors (Lipinski definition) is 2. The van der Waals surface area contributed by atoms with E-state index >= 15 is 0 Å². The Morgan fingerprint density at radius 3 is 2.24 bits per heavy atom. The van der Waals surface area contributed by atoms with Crippen LogP contribution in [-0.4, -0.2) is 41.9 Å². The van der Waals surface area contributed by atoms with Gasteiger partial charge in [-0.3, -0.25) is 4.72 Å². The van der Waals surface area contributed by atoms with Gasteiger partial charge in [0.15, 0.2) is 0 Å². The van der Waals surface area contributed by atoms with E-state index in [1.165, 1.54) is 0 Å². The van der Waals surface area contributed by atoms with Gasteiger partial charge in [0.1, 0.15) is 0 Å². The molecular formula is C11H19N3O2S. The first-order valence-electron chi connectivity index (χ1n) is 5.37. The van der Waals surface area contributed by atoms with Gasteiger partial charge in [-0.25, -0.2) is 8.42 Å². The Morgan fingerprint density at radius 1 is 1.18 bits per heavy atom. The van der Waals surface area contributed by atoms with E-state index in [4.69, 9.17) is 0 Å². The smallest absolute Gasteiger partial charge is 0.233 e. The minimum Gasteiger partial charge on any atom is -0.378 e. The molecule has 0 unspecified atom stereocenters. The molecule has 17 heavy (non-hydrogen) atoms. The fourth-order valence-corrected chi connectivity index (χ4v) is 2.36. The number of nitrogens with zero attached hydrogens (tertiary/aromatic N) is 1. The van der Waals surface area contributed by atoms with Crippen molar-refractivity contribution in [3.05, 3.63) is 24.3 Å². The summed E-state index contributed by atoms with van der Waals surface area (Å²) in [5.41, 5.74) is 1.62. The summed E-state index contributed by atoms with van der Waals surface area (Å²) >= 11 is 0. The Morgan fingerprint density at radius 2 is 1.76 bits per heavy atom. The molecule has 6 heteroatoms. The number of rotatable bonds is 6. The van der Waals surface area contributed by atoms with Gasteiger partial charge in [-0.05, 0) is 31.3 Å². The van der Waals surface area contributed by atoms with Crippen molar-refractivity contribution in [2.24, 2.45) is 0 Å². The average molecular weight is 257 g/mol. The Bertz CT molecular complexity index is 440. The molecule has 0 radical (unpaired) electrons. The highest BCUT2D eigenvalue weighted by atomic mass is 32.2. The van der Waals surface area contributed by atoms with Crippen molar-refractivity contribution in [3.8, 4) is 0 Å². The van der Waals surface area contributed by atoms with Gasteiger partial charge in [-0.2, -0.15) is 0 Å². The lowest BCUT2D eigenvalue weighted by Gasteiger charge is -2.13. The van der Waals surface area contributed by atoms with Crippen LogP contribution in [0.3, 0.4) is 0 Å². The Kier molecular flexibility index (Phi) is 4.77. The Hall–Kier alpha value is -1.27. The van der Waals surface area contributed by atoms with Crippen LogP contribution in [0.25, 0.3) is 0 Å². The maximum atomic E-state index is 11.6. The van der Waals surface area contributed by atoms with Gasteiger partial charge in [0.05, 0.1) is 5.75 Å². The van der Waals surface area contributed by atoms with Crippen molar-refractivity contribution < 1.29 is 8.42 Å². The molecule has 1 aromatic rings. The second-order valence-corrected chi connectivity index (χ2v) is 5.81. The second-order valence-electron chi connectivity index (χ2n) is 3.97. The molecule has 0 aliphatic rings. The number of hydrogen-bond acceptors (Lipinski definition) is 4. The van der Waals surface area contributed by atoms with Gasteiger partial charge in [-0.1, -0.05) is 0 Å². The van der Waals surface area contributed by atoms with Crippen LogP contribution in [0, 0.1) is 0 Å². The van der Waals surface area contributed by atoms with E-state index in [9.17, 15) is 8.42 Å². The Balaban J connectivity index is 2.69. The van der Waals surface area contributed by atoms with E-state index < -0.39 is 10.0 Å². The third-order valence-electron chi connectivity index (χ3n) is 2.28. The van der Waals surface area contributed by atoms with Crippen molar-refractivity contribution >= 4 is 21.4 Å². The fourth-order valence-electron chi connectivity index (χ4n) is 1.29. The fraction of sp³-hybridized carbons (Fsp3) is 0.455. The number of anilines is 2. The molecule has 0 saturated heterocycles. The van der Waals surface area contributed by atoms with E-state index in [0.29, 0.717) is 12.2 Å². The zero-order valence-electron chi connectivity index (χ0n) is 10.4. The quantitative estimate of drug-likeness (QED) is 0.788. The summed E-state index contributed by atoms with van der Waals surface area (Å²) < 4.78 is 25.8. The van der Waals surface area contributed by atoms with Crippen molar-refractivity contribution in [2.75, 3.05) is 43.1 Å². The summed E-state index contributed by atoms with van der Waals surface area (Å²) in [7, 11) is 2.34. The summed E-state index contributed by atoms with van der Waals surface area (Å²) in [4.78, 5) is 1.96. The summed E-state index contributed by atoms with van der Waals surface area (Å²) in [6, 6.07) is 7.25. The topological polar surface area (TPSA) is 61.4 Å². The van der Waals surface area contributed by atoms with Crippen LogP contribution < -0.4 is 14.9 Å². The van der Waals surface area contributed by atoms with Crippen LogP contribution in [0.2, 0.25) is 0 Å². The normalized spacial score (nSPS) is 11.2. The molecule has 1 rings (SSSR count). The second kappa shape index (κ2) is 5.88. The zero-order valence-corrected chi connectivity index (χ0v) is 11.2. The molecule has 0 aromatic heterocycles. The lowest BCUT2D eigenvalue weighted by atomic mass is 10.3. The average Bonchev–Trinajstić information content (AvgIpc) is 2.26. The first-order valence-corrected chi connectivity index (χ1v) is 7.02. The maximum Gasteiger partial charge on any atom is 0.233 e. The molecule has 0 heterocycles. The molecule has 0 saturated carbocycles. The van der Waals surface area contributed by atoms with Crippen LogP contribution in [0.5, 0.6) is 0 Å². The number of sulfonamides is 1. The molecule has 1 aromatic carbocycles. The molecular weight excluding hydrogens is 238 g/mol. The SMILES string of the molecule is CNCCS(=O)(=O)Nc1ccc(N(C)C)cc1. The van der Waals surface area contributed by atoms with Crippen molar-refractivity contribution in [1.29, 1.82) is 0 Å². The van der Waals surface area contributed by atoms with Crippen LogP contribution in [0.1, 0.15) is 0 Å². The van der Waals surface area contributed by atoms with E-state index in [-0.39, 0.29) is 5.75 Å². The van der Waals surface area contributed by atoms with E-state index in [2.05, 4.69) is 10.0 Å². The van der Waals surface area contributed by atoms with Gasteiger partial charge in [0.25, 0.3) is 0 Å². The summed E-state index contributed by atoms with van der Waals surface area (Å²) in [6.45, 7) is 0.436. The van der Waals surface area contributed by atoms with Crippen LogP contribution in [0.15, 0.2) is 24.3 Å². The standard InChI is InChI=1S/C11H19N3O2S/c1-12-8-9-17(15,16)13-10-4-6-11(7-5-10)14(2)3/h4-7,12-13H,8-9H2,1-3H3. The molecule has 96 valence electrons. The zero-order chi connectivity index (χ0) is 12.9. The molecule has 0 fully saturated rings. The predicted octanol–water partition coefficient (Wildman–Crippen LogP) is 0.714. The van der Waals surface area contributed by atoms with Gasteiger partial charge in [0, 0.05) is 32.0 Å².